The van der Waals surface area contributed by atoms with Crippen LogP contribution in [0.15, 0.2) is 30.6 Å². The molecule has 6 rings (SSSR count). The van der Waals surface area contributed by atoms with Gasteiger partial charge in [0.05, 0.1) is 11.0 Å². The molecule has 1 aromatic carbocycles. The van der Waals surface area contributed by atoms with Gasteiger partial charge in [-0.2, -0.15) is 0 Å². The van der Waals surface area contributed by atoms with E-state index < -0.39 is 0 Å². The Kier molecular flexibility index (Phi) is 4.50. The van der Waals surface area contributed by atoms with Crippen LogP contribution in [0.5, 0.6) is 0 Å². The van der Waals surface area contributed by atoms with E-state index in [2.05, 4.69) is 41.4 Å². The van der Waals surface area contributed by atoms with Crippen molar-refractivity contribution in [3.63, 3.8) is 0 Å². The lowest BCUT2D eigenvalue weighted by Crippen LogP contribution is -2.60. The van der Waals surface area contributed by atoms with E-state index in [9.17, 15) is 4.79 Å². The second-order valence-electron chi connectivity index (χ2n) is 9.77. The molecule has 4 saturated carbocycles. The predicted molar refractivity (Wildman–Crippen MR) is 114 cm³/mol. The van der Waals surface area contributed by atoms with Crippen molar-refractivity contribution in [2.24, 2.45) is 17.3 Å². The Bertz CT molecular complexity index is 924. The van der Waals surface area contributed by atoms with Gasteiger partial charge in [-0.25, -0.2) is 9.67 Å². The highest BCUT2D eigenvalue weighted by Crippen LogP contribution is 2.64. The standard InChI is InChI=1S/C23H29ClN4O/c1-3-15(2)18-6-4-5-7-19(18)26-20(29)22-9-16-8-17(10-22)12-23(11-16,13-22)28-14-25-21(24)27-28/h4-7,14-17H,3,8-13H2,1-2H3,(H,26,29)/t15-,16-,17+,22?,23?/m0/s1. The van der Waals surface area contributed by atoms with E-state index in [1.54, 1.807) is 6.33 Å². The lowest BCUT2D eigenvalue weighted by molar-refractivity contribution is -0.150. The number of benzene rings is 1. The summed E-state index contributed by atoms with van der Waals surface area (Å²) in [5.41, 5.74) is 1.77. The van der Waals surface area contributed by atoms with E-state index in [1.807, 2.05) is 16.8 Å². The number of aromatic nitrogens is 3. The van der Waals surface area contributed by atoms with Gasteiger partial charge in [0.25, 0.3) is 0 Å². The van der Waals surface area contributed by atoms with Crippen molar-refractivity contribution in [1.29, 1.82) is 0 Å². The summed E-state index contributed by atoms with van der Waals surface area (Å²) in [5.74, 6) is 1.77. The lowest BCUT2D eigenvalue weighted by Gasteiger charge is -2.60. The van der Waals surface area contributed by atoms with E-state index >= 15 is 0 Å². The third kappa shape index (κ3) is 3.09. The number of halogens is 1. The summed E-state index contributed by atoms with van der Waals surface area (Å²) in [7, 11) is 0. The number of anilines is 1. The number of rotatable bonds is 5. The van der Waals surface area contributed by atoms with Crippen LogP contribution in [0.1, 0.15) is 70.3 Å². The highest BCUT2D eigenvalue weighted by molar-refractivity contribution is 6.28. The van der Waals surface area contributed by atoms with Crippen LogP contribution >= 0.6 is 11.6 Å². The topological polar surface area (TPSA) is 59.8 Å². The predicted octanol–water partition coefficient (Wildman–Crippen LogP) is 5.38. The zero-order valence-electron chi connectivity index (χ0n) is 17.2. The molecule has 154 valence electrons. The lowest BCUT2D eigenvalue weighted by atomic mass is 9.46. The molecule has 2 aromatic rings. The molecular weight excluding hydrogens is 384 g/mol. The number of hydrogen-bond acceptors (Lipinski definition) is 3. The van der Waals surface area contributed by atoms with Crippen molar-refractivity contribution >= 4 is 23.2 Å². The summed E-state index contributed by atoms with van der Waals surface area (Å²) in [6, 6.07) is 8.26. The molecule has 29 heavy (non-hydrogen) atoms. The van der Waals surface area contributed by atoms with Gasteiger partial charge in [-0.3, -0.25) is 4.79 Å². The maximum absolute atomic E-state index is 13.7. The molecule has 1 N–H and O–H groups in total. The maximum Gasteiger partial charge on any atom is 0.242 e. The van der Waals surface area contributed by atoms with Gasteiger partial charge in [-0.15, -0.1) is 5.10 Å². The Hall–Kier alpha value is -1.88. The fraction of sp³-hybridized carbons (Fsp3) is 0.609. The number of carbonyl (C=O) groups is 1. The van der Waals surface area contributed by atoms with Gasteiger partial charge in [0, 0.05) is 5.69 Å². The summed E-state index contributed by atoms with van der Waals surface area (Å²) in [5, 5.41) is 8.10. The molecule has 4 fully saturated rings. The molecule has 1 aromatic heterocycles. The minimum atomic E-state index is -0.314. The van der Waals surface area contributed by atoms with Crippen LogP contribution in [-0.2, 0) is 10.3 Å². The molecule has 5 nitrogen and oxygen atoms in total. The van der Waals surface area contributed by atoms with Crippen molar-refractivity contribution in [3.05, 3.63) is 41.4 Å². The molecule has 5 atom stereocenters. The number of nitrogens with zero attached hydrogens (tertiary/aromatic N) is 3. The molecule has 0 saturated heterocycles. The van der Waals surface area contributed by atoms with E-state index in [0.29, 0.717) is 23.0 Å². The van der Waals surface area contributed by atoms with Crippen LogP contribution in [0.4, 0.5) is 5.69 Å². The molecule has 1 amide bonds. The van der Waals surface area contributed by atoms with E-state index in [-0.39, 0.29) is 16.9 Å². The first-order chi connectivity index (χ1) is 13.9. The van der Waals surface area contributed by atoms with Crippen LogP contribution < -0.4 is 5.32 Å². The summed E-state index contributed by atoms with van der Waals surface area (Å²) >= 11 is 6.04. The van der Waals surface area contributed by atoms with Gasteiger partial charge in [0.1, 0.15) is 6.33 Å². The van der Waals surface area contributed by atoms with Gasteiger partial charge in [-0.05, 0) is 85.9 Å². The zero-order chi connectivity index (χ0) is 20.2. The molecule has 1 heterocycles. The summed E-state index contributed by atoms with van der Waals surface area (Å²) in [6.07, 6.45) is 9.05. The van der Waals surface area contributed by atoms with E-state index in [4.69, 9.17) is 11.6 Å². The third-order valence-corrected chi connectivity index (χ3v) is 7.99. The normalized spacial score (nSPS) is 33.6. The molecule has 4 bridgehead atoms. The highest BCUT2D eigenvalue weighted by Gasteiger charge is 2.61. The fourth-order valence-corrected chi connectivity index (χ4v) is 6.86. The SMILES string of the molecule is CC[C@H](C)c1ccccc1NC(=O)C12C[C@H]3C[C@@H](C1)CC(n1cnc(Cl)n1)(C3)C2. The minimum absolute atomic E-state index is 0.113. The maximum atomic E-state index is 13.7. The van der Waals surface area contributed by atoms with Crippen molar-refractivity contribution < 1.29 is 4.79 Å². The largest absolute Gasteiger partial charge is 0.325 e. The van der Waals surface area contributed by atoms with Gasteiger partial charge >= 0.3 is 0 Å². The average Bonchev–Trinajstić information content (AvgIpc) is 3.14. The summed E-state index contributed by atoms with van der Waals surface area (Å²) in [6.45, 7) is 4.41. The number of carbonyl (C=O) groups excluding carboxylic acids is 1. The van der Waals surface area contributed by atoms with Crippen LogP contribution in [0.3, 0.4) is 0 Å². The quantitative estimate of drug-likeness (QED) is 0.717. The number of nitrogens with one attached hydrogen (secondary N) is 1. The van der Waals surface area contributed by atoms with Crippen molar-refractivity contribution in [2.75, 3.05) is 5.32 Å². The van der Waals surface area contributed by atoms with Crippen molar-refractivity contribution in [3.8, 4) is 0 Å². The molecule has 4 aliphatic carbocycles. The first-order valence-electron chi connectivity index (χ1n) is 10.9. The van der Waals surface area contributed by atoms with Crippen LogP contribution in [-0.4, -0.2) is 20.7 Å². The van der Waals surface area contributed by atoms with Gasteiger partial charge < -0.3 is 5.32 Å². The van der Waals surface area contributed by atoms with Crippen molar-refractivity contribution in [1.82, 2.24) is 14.8 Å². The third-order valence-electron chi connectivity index (χ3n) is 7.81. The van der Waals surface area contributed by atoms with Crippen LogP contribution in [0.25, 0.3) is 0 Å². The van der Waals surface area contributed by atoms with Gasteiger partial charge in [-0.1, -0.05) is 32.0 Å². The molecular formula is C23H29ClN4O. The smallest absolute Gasteiger partial charge is 0.242 e. The molecule has 2 unspecified atom stereocenters. The minimum Gasteiger partial charge on any atom is -0.325 e. The highest BCUT2D eigenvalue weighted by atomic mass is 35.5. The van der Waals surface area contributed by atoms with Gasteiger partial charge in [0.2, 0.25) is 11.2 Å². The summed E-state index contributed by atoms with van der Waals surface area (Å²) < 4.78 is 1.97. The Morgan fingerprint density at radius 3 is 2.66 bits per heavy atom. The van der Waals surface area contributed by atoms with Crippen LogP contribution in [0.2, 0.25) is 5.28 Å². The first kappa shape index (κ1) is 19.1. The van der Waals surface area contributed by atoms with E-state index in [1.165, 1.54) is 12.0 Å². The Morgan fingerprint density at radius 1 is 1.28 bits per heavy atom. The first-order valence-corrected chi connectivity index (χ1v) is 11.3. The number of amides is 1. The number of para-hydroxylation sites is 1. The Morgan fingerprint density at radius 2 is 2.00 bits per heavy atom. The molecule has 0 radical (unpaired) electrons. The van der Waals surface area contributed by atoms with E-state index in [0.717, 1.165) is 44.2 Å². The van der Waals surface area contributed by atoms with Gasteiger partial charge in [0.15, 0.2) is 0 Å². The summed E-state index contributed by atoms with van der Waals surface area (Å²) in [4.78, 5) is 17.9. The average molecular weight is 413 g/mol. The molecule has 6 heteroatoms. The second kappa shape index (κ2) is 6.83. The molecule has 0 aliphatic heterocycles. The Labute approximate surface area is 177 Å². The molecule has 0 spiro atoms. The van der Waals surface area contributed by atoms with Crippen molar-refractivity contribution in [2.45, 2.75) is 70.3 Å². The Balaban J connectivity index is 1.46. The monoisotopic (exact) mass is 412 g/mol. The fourth-order valence-electron chi connectivity index (χ4n) is 6.73. The molecule has 4 aliphatic rings. The van der Waals surface area contributed by atoms with Crippen LogP contribution in [0, 0.1) is 17.3 Å². The number of hydrogen-bond donors (Lipinski definition) is 1. The zero-order valence-corrected chi connectivity index (χ0v) is 18.0. The second-order valence-corrected chi connectivity index (χ2v) is 10.1.